The third-order valence-corrected chi connectivity index (χ3v) is 3.97. The van der Waals surface area contributed by atoms with Crippen molar-refractivity contribution in [1.82, 2.24) is 19.9 Å². The highest BCUT2D eigenvalue weighted by Gasteiger charge is 2.29. The molecule has 18 heavy (non-hydrogen) atoms. The fraction of sp³-hybridized carbons (Fsp3) is 0.538. The molecule has 0 saturated heterocycles. The normalized spacial score (nSPS) is 17.3. The summed E-state index contributed by atoms with van der Waals surface area (Å²) >= 11 is 1.70. The van der Waals surface area contributed by atoms with Crippen molar-refractivity contribution in [3.8, 4) is 0 Å². The second-order valence-electron chi connectivity index (χ2n) is 5.08. The SMILES string of the molecule is CC(C)NC(c1nccs1)c1cncn1C1CC1. The smallest absolute Gasteiger partial charge is 0.116 e. The molecule has 1 fully saturated rings. The highest BCUT2D eigenvalue weighted by atomic mass is 32.1. The number of nitrogens with zero attached hydrogens (tertiary/aromatic N) is 3. The molecular weight excluding hydrogens is 244 g/mol. The molecule has 0 spiro atoms. The number of hydrogen-bond acceptors (Lipinski definition) is 4. The summed E-state index contributed by atoms with van der Waals surface area (Å²) in [7, 11) is 0. The van der Waals surface area contributed by atoms with Crippen molar-refractivity contribution in [2.24, 2.45) is 0 Å². The van der Waals surface area contributed by atoms with Crippen molar-refractivity contribution in [1.29, 1.82) is 0 Å². The summed E-state index contributed by atoms with van der Waals surface area (Å²) in [6.45, 7) is 4.33. The second-order valence-corrected chi connectivity index (χ2v) is 6.01. The molecule has 0 aliphatic heterocycles. The maximum atomic E-state index is 4.46. The summed E-state index contributed by atoms with van der Waals surface area (Å²) in [5.74, 6) is 0. The molecule has 1 saturated carbocycles. The lowest BCUT2D eigenvalue weighted by atomic mass is 10.2. The van der Waals surface area contributed by atoms with Gasteiger partial charge < -0.3 is 9.88 Å². The van der Waals surface area contributed by atoms with Gasteiger partial charge in [0.2, 0.25) is 0 Å². The molecule has 1 unspecified atom stereocenters. The van der Waals surface area contributed by atoms with Gasteiger partial charge in [0.05, 0.1) is 18.2 Å². The zero-order valence-corrected chi connectivity index (χ0v) is 11.5. The van der Waals surface area contributed by atoms with Crippen LogP contribution in [0.15, 0.2) is 24.1 Å². The molecule has 2 heterocycles. The average Bonchev–Trinajstić information content (AvgIpc) is 2.88. The molecule has 1 N–H and O–H groups in total. The van der Waals surface area contributed by atoms with E-state index in [1.807, 2.05) is 24.1 Å². The molecule has 4 nitrogen and oxygen atoms in total. The van der Waals surface area contributed by atoms with Crippen LogP contribution < -0.4 is 5.32 Å². The Morgan fingerprint density at radius 2 is 2.28 bits per heavy atom. The van der Waals surface area contributed by atoms with E-state index in [1.165, 1.54) is 18.5 Å². The third kappa shape index (κ3) is 2.33. The highest BCUT2D eigenvalue weighted by Crippen LogP contribution is 2.38. The predicted molar refractivity (Wildman–Crippen MR) is 72.7 cm³/mol. The van der Waals surface area contributed by atoms with Crippen molar-refractivity contribution in [2.45, 2.75) is 44.8 Å². The molecule has 1 aliphatic carbocycles. The van der Waals surface area contributed by atoms with Crippen LogP contribution in [0.5, 0.6) is 0 Å². The van der Waals surface area contributed by atoms with Crippen LogP contribution in [0, 0.1) is 0 Å². The van der Waals surface area contributed by atoms with Gasteiger partial charge in [0.25, 0.3) is 0 Å². The Balaban J connectivity index is 1.94. The Kier molecular flexibility index (Phi) is 3.18. The van der Waals surface area contributed by atoms with Crippen LogP contribution in [0.3, 0.4) is 0 Å². The summed E-state index contributed by atoms with van der Waals surface area (Å²) in [6.07, 6.45) is 8.34. The van der Waals surface area contributed by atoms with Crippen LogP contribution in [0.2, 0.25) is 0 Å². The fourth-order valence-corrected chi connectivity index (χ4v) is 2.90. The Hall–Kier alpha value is -1.20. The largest absolute Gasteiger partial charge is 0.330 e. The molecule has 5 heteroatoms. The van der Waals surface area contributed by atoms with E-state index in [9.17, 15) is 0 Å². The number of thiazole rings is 1. The third-order valence-electron chi connectivity index (χ3n) is 3.13. The van der Waals surface area contributed by atoms with Gasteiger partial charge in [0.15, 0.2) is 0 Å². The monoisotopic (exact) mass is 262 g/mol. The maximum absolute atomic E-state index is 4.46. The van der Waals surface area contributed by atoms with Crippen LogP contribution >= 0.6 is 11.3 Å². The quantitative estimate of drug-likeness (QED) is 0.901. The van der Waals surface area contributed by atoms with Gasteiger partial charge in [-0.3, -0.25) is 0 Å². The van der Waals surface area contributed by atoms with E-state index >= 15 is 0 Å². The Labute approximate surface area is 111 Å². The second kappa shape index (κ2) is 4.82. The van der Waals surface area contributed by atoms with E-state index in [-0.39, 0.29) is 6.04 Å². The van der Waals surface area contributed by atoms with Gasteiger partial charge in [-0.25, -0.2) is 9.97 Å². The van der Waals surface area contributed by atoms with Crippen molar-refractivity contribution in [2.75, 3.05) is 0 Å². The van der Waals surface area contributed by atoms with Gasteiger partial charge in [-0.05, 0) is 26.7 Å². The molecule has 0 bridgehead atoms. The van der Waals surface area contributed by atoms with E-state index in [4.69, 9.17) is 0 Å². The minimum absolute atomic E-state index is 0.160. The van der Waals surface area contributed by atoms with E-state index in [2.05, 4.69) is 33.7 Å². The van der Waals surface area contributed by atoms with Crippen LogP contribution in [0.4, 0.5) is 0 Å². The first-order valence-electron chi connectivity index (χ1n) is 6.43. The number of hydrogen-bond donors (Lipinski definition) is 1. The summed E-state index contributed by atoms with van der Waals surface area (Å²) in [5.41, 5.74) is 1.24. The summed E-state index contributed by atoms with van der Waals surface area (Å²) in [4.78, 5) is 8.78. The van der Waals surface area contributed by atoms with Gasteiger partial charge >= 0.3 is 0 Å². The van der Waals surface area contributed by atoms with Gasteiger partial charge in [-0.1, -0.05) is 0 Å². The lowest BCUT2D eigenvalue weighted by Crippen LogP contribution is -2.30. The fourth-order valence-electron chi connectivity index (χ4n) is 2.19. The summed E-state index contributed by atoms with van der Waals surface area (Å²) in [5, 5.41) is 6.74. The Morgan fingerprint density at radius 3 is 2.89 bits per heavy atom. The minimum atomic E-state index is 0.160. The zero-order valence-electron chi connectivity index (χ0n) is 10.7. The van der Waals surface area contributed by atoms with Crippen molar-refractivity contribution in [3.63, 3.8) is 0 Å². The highest BCUT2D eigenvalue weighted by molar-refractivity contribution is 7.09. The van der Waals surface area contributed by atoms with Gasteiger partial charge in [-0.15, -0.1) is 11.3 Å². The van der Waals surface area contributed by atoms with Crippen LogP contribution in [0.25, 0.3) is 0 Å². The Morgan fingerprint density at radius 1 is 1.44 bits per heavy atom. The van der Waals surface area contributed by atoms with Crippen molar-refractivity contribution < 1.29 is 0 Å². The van der Waals surface area contributed by atoms with Gasteiger partial charge in [0.1, 0.15) is 11.0 Å². The van der Waals surface area contributed by atoms with Crippen molar-refractivity contribution >= 4 is 11.3 Å². The minimum Gasteiger partial charge on any atom is -0.330 e. The number of imidazole rings is 1. The molecule has 0 radical (unpaired) electrons. The molecule has 2 aromatic heterocycles. The van der Waals surface area contributed by atoms with Crippen LogP contribution in [-0.4, -0.2) is 20.6 Å². The van der Waals surface area contributed by atoms with E-state index in [0.29, 0.717) is 12.1 Å². The molecule has 2 aromatic rings. The summed E-state index contributed by atoms with van der Waals surface area (Å²) < 4.78 is 2.31. The molecule has 96 valence electrons. The average molecular weight is 262 g/mol. The standard InChI is InChI=1S/C13H18N4S/c1-9(2)16-12(13-15-5-6-18-13)11-7-14-8-17(11)10-3-4-10/h5-10,12,16H,3-4H2,1-2H3. The van der Waals surface area contributed by atoms with Gasteiger partial charge in [0, 0.05) is 23.7 Å². The topological polar surface area (TPSA) is 42.7 Å². The van der Waals surface area contributed by atoms with Crippen molar-refractivity contribution in [3.05, 3.63) is 34.8 Å². The van der Waals surface area contributed by atoms with E-state index < -0.39 is 0 Å². The lowest BCUT2D eigenvalue weighted by molar-refractivity contribution is 0.498. The lowest BCUT2D eigenvalue weighted by Gasteiger charge is -2.20. The molecular formula is C13H18N4S. The predicted octanol–water partition coefficient (Wildman–Crippen LogP) is 2.76. The molecule has 0 aromatic carbocycles. The number of nitrogens with one attached hydrogen (secondary N) is 1. The first kappa shape index (κ1) is 11.9. The molecule has 3 rings (SSSR count). The Bertz CT molecular complexity index is 499. The number of aromatic nitrogens is 3. The van der Waals surface area contributed by atoms with Gasteiger partial charge in [-0.2, -0.15) is 0 Å². The molecule has 1 aliphatic rings. The van der Waals surface area contributed by atoms with Crippen LogP contribution in [-0.2, 0) is 0 Å². The number of rotatable bonds is 5. The maximum Gasteiger partial charge on any atom is 0.116 e. The zero-order chi connectivity index (χ0) is 12.5. The van der Waals surface area contributed by atoms with E-state index in [0.717, 1.165) is 5.01 Å². The first-order valence-corrected chi connectivity index (χ1v) is 7.31. The van der Waals surface area contributed by atoms with E-state index in [1.54, 1.807) is 11.3 Å². The first-order chi connectivity index (χ1) is 8.75. The summed E-state index contributed by atoms with van der Waals surface area (Å²) in [6, 6.07) is 1.23. The molecule has 0 amide bonds. The molecule has 1 atom stereocenters. The van der Waals surface area contributed by atoms with Crippen LogP contribution in [0.1, 0.15) is 49.5 Å².